The van der Waals surface area contributed by atoms with Crippen LogP contribution in [0.15, 0.2) is 48.5 Å². The van der Waals surface area contributed by atoms with Crippen molar-refractivity contribution >= 4 is 23.5 Å². The van der Waals surface area contributed by atoms with Crippen LogP contribution in [-0.2, 0) is 25.5 Å². The van der Waals surface area contributed by atoms with E-state index in [4.69, 9.17) is 14.2 Å². The number of carbonyl (C=O) groups excluding carboxylic acids is 3. The van der Waals surface area contributed by atoms with Crippen molar-refractivity contribution in [3.8, 4) is 11.5 Å². The molecule has 8 heteroatoms. The van der Waals surface area contributed by atoms with E-state index in [1.54, 1.807) is 25.2 Å². The van der Waals surface area contributed by atoms with Crippen LogP contribution in [0.2, 0.25) is 0 Å². The summed E-state index contributed by atoms with van der Waals surface area (Å²) in [6, 6.07) is 14.8. The van der Waals surface area contributed by atoms with Gasteiger partial charge in [0.1, 0.15) is 0 Å². The lowest BCUT2D eigenvalue weighted by Crippen LogP contribution is -2.43. The van der Waals surface area contributed by atoms with Gasteiger partial charge in [-0.3, -0.25) is 14.4 Å². The van der Waals surface area contributed by atoms with Gasteiger partial charge in [0.2, 0.25) is 5.91 Å². The van der Waals surface area contributed by atoms with Crippen molar-refractivity contribution in [3.05, 3.63) is 54.1 Å². The molecule has 0 radical (unpaired) electrons. The standard InChI is InChI=1S/C25H30N2O6/c1-31-21-10-8-18(16-22(21)32-2)9-11-24(29)33-17-23(28)27-14-12-19(13-15-27)25(30)26-20-6-4-3-5-7-20/h3-8,10,16,19H,9,11-15,17H2,1-2H3,(H,26,30). The van der Waals surface area contributed by atoms with Crippen molar-refractivity contribution in [2.75, 3.05) is 39.2 Å². The summed E-state index contributed by atoms with van der Waals surface area (Å²) >= 11 is 0. The molecule has 0 atom stereocenters. The molecule has 0 saturated carbocycles. The molecule has 33 heavy (non-hydrogen) atoms. The van der Waals surface area contributed by atoms with Crippen LogP contribution in [0.25, 0.3) is 0 Å². The van der Waals surface area contributed by atoms with Crippen LogP contribution in [-0.4, -0.2) is 56.6 Å². The number of hydrogen-bond donors (Lipinski definition) is 1. The van der Waals surface area contributed by atoms with Crippen molar-refractivity contribution in [2.45, 2.75) is 25.7 Å². The maximum absolute atomic E-state index is 12.4. The number of para-hydroxylation sites is 1. The summed E-state index contributed by atoms with van der Waals surface area (Å²) in [6.45, 7) is 0.648. The fourth-order valence-corrected chi connectivity index (χ4v) is 3.75. The predicted molar refractivity (Wildman–Crippen MR) is 123 cm³/mol. The zero-order valence-corrected chi connectivity index (χ0v) is 19.0. The smallest absolute Gasteiger partial charge is 0.306 e. The number of aryl methyl sites for hydroxylation is 1. The van der Waals surface area contributed by atoms with Crippen molar-refractivity contribution in [3.63, 3.8) is 0 Å². The van der Waals surface area contributed by atoms with E-state index in [-0.39, 0.29) is 30.8 Å². The largest absolute Gasteiger partial charge is 0.493 e. The van der Waals surface area contributed by atoms with Gasteiger partial charge in [0, 0.05) is 31.1 Å². The van der Waals surface area contributed by atoms with Crippen LogP contribution in [0.4, 0.5) is 5.69 Å². The van der Waals surface area contributed by atoms with Crippen molar-refractivity contribution in [1.29, 1.82) is 0 Å². The number of rotatable bonds is 9. The fraction of sp³-hybridized carbons (Fsp3) is 0.400. The van der Waals surface area contributed by atoms with Crippen LogP contribution >= 0.6 is 0 Å². The van der Waals surface area contributed by atoms with E-state index in [1.165, 1.54) is 0 Å². The van der Waals surface area contributed by atoms with Gasteiger partial charge in [-0.25, -0.2) is 0 Å². The molecular weight excluding hydrogens is 424 g/mol. The third kappa shape index (κ3) is 6.97. The summed E-state index contributed by atoms with van der Waals surface area (Å²) < 4.78 is 15.6. The first-order valence-electron chi connectivity index (χ1n) is 11.0. The lowest BCUT2D eigenvalue weighted by Gasteiger charge is -2.31. The van der Waals surface area contributed by atoms with Crippen molar-refractivity contribution in [2.24, 2.45) is 5.92 Å². The number of ether oxygens (including phenoxy) is 3. The molecule has 1 N–H and O–H groups in total. The topological polar surface area (TPSA) is 94.2 Å². The van der Waals surface area contributed by atoms with Gasteiger partial charge in [-0.1, -0.05) is 24.3 Å². The lowest BCUT2D eigenvalue weighted by molar-refractivity contribution is -0.152. The molecule has 0 spiro atoms. The van der Waals surface area contributed by atoms with Gasteiger partial charge in [-0.15, -0.1) is 0 Å². The minimum Gasteiger partial charge on any atom is -0.493 e. The summed E-state index contributed by atoms with van der Waals surface area (Å²) in [7, 11) is 3.12. The highest BCUT2D eigenvalue weighted by molar-refractivity contribution is 5.92. The minimum absolute atomic E-state index is 0.0325. The normalized spacial score (nSPS) is 13.8. The number of nitrogens with one attached hydrogen (secondary N) is 1. The Balaban J connectivity index is 1.37. The Kier molecular flexibility index (Phi) is 8.69. The van der Waals surface area contributed by atoms with E-state index >= 15 is 0 Å². The zero-order chi connectivity index (χ0) is 23.6. The first kappa shape index (κ1) is 24.1. The molecule has 1 fully saturated rings. The number of likely N-dealkylation sites (tertiary alicyclic amines) is 1. The van der Waals surface area contributed by atoms with Gasteiger partial charge >= 0.3 is 5.97 Å². The first-order valence-corrected chi connectivity index (χ1v) is 11.0. The Hall–Kier alpha value is -3.55. The van der Waals surface area contributed by atoms with Gasteiger partial charge in [-0.2, -0.15) is 0 Å². The van der Waals surface area contributed by atoms with Gasteiger partial charge in [0.05, 0.1) is 14.2 Å². The van der Waals surface area contributed by atoms with E-state index < -0.39 is 5.97 Å². The number of piperidine rings is 1. The first-order chi connectivity index (χ1) is 16.0. The molecule has 1 aliphatic heterocycles. The summed E-state index contributed by atoms with van der Waals surface area (Å²) in [6.07, 6.45) is 1.79. The van der Waals surface area contributed by atoms with E-state index in [1.807, 2.05) is 42.5 Å². The number of nitrogens with zero attached hydrogens (tertiary/aromatic N) is 1. The highest BCUT2D eigenvalue weighted by Crippen LogP contribution is 2.28. The van der Waals surface area contributed by atoms with Gasteiger partial charge < -0.3 is 24.4 Å². The number of carbonyl (C=O) groups is 3. The molecule has 176 valence electrons. The Morgan fingerprint density at radius 3 is 2.33 bits per heavy atom. The number of benzene rings is 2. The Morgan fingerprint density at radius 2 is 1.67 bits per heavy atom. The molecule has 2 aromatic carbocycles. The van der Waals surface area contributed by atoms with Crippen LogP contribution in [0.5, 0.6) is 11.5 Å². The van der Waals surface area contributed by atoms with E-state index in [2.05, 4.69) is 5.32 Å². The second-order valence-corrected chi connectivity index (χ2v) is 7.86. The third-order valence-corrected chi connectivity index (χ3v) is 5.68. The maximum atomic E-state index is 12.4. The summed E-state index contributed by atoms with van der Waals surface area (Å²) in [5.41, 5.74) is 1.67. The highest BCUT2D eigenvalue weighted by Gasteiger charge is 2.27. The highest BCUT2D eigenvalue weighted by atomic mass is 16.5. The number of methoxy groups -OCH3 is 2. The quantitative estimate of drug-likeness (QED) is 0.586. The fourth-order valence-electron chi connectivity index (χ4n) is 3.75. The molecule has 0 unspecified atom stereocenters. The molecule has 8 nitrogen and oxygen atoms in total. The summed E-state index contributed by atoms with van der Waals surface area (Å²) in [4.78, 5) is 38.6. The Morgan fingerprint density at radius 1 is 0.970 bits per heavy atom. The molecule has 2 amide bonds. The van der Waals surface area contributed by atoms with Crippen LogP contribution in [0, 0.1) is 5.92 Å². The predicted octanol–water partition coefficient (Wildman–Crippen LogP) is 3.06. The third-order valence-electron chi connectivity index (χ3n) is 5.68. The minimum atomic E-state index is -0.435. The van der Waals surface area contributed by atoms with Gasteiger partial charge in [0.15, 0.2) is 18.1 Å². The molecule has 2 aromatic rings. The Labute approximate surface area is 193 Å². The molecular formula is C25H30N2O6. The van der Waals surface area contributed by atoms with E-state index in [0.717, 1.165) is 11.3 Å². The molecule has 0 bridgehead atoms. The number of anilines is 1. The van der Waals surface area contributed by atoms with Crippen LogP contribution in [0.3, 0.4) is 0 Å². The number of amides is 2. The molecule has 0 aliphatic carbocycles. The SMILES string of the molecule is COc1ccc(CCC(=O)OCC(=O)N2CCC(C(=O)Nc3ccccc3)CC2)cc1OC. The lowest BCUT2D eigenvalue weighted by atomic mass is 9.95. The monoisotopic (exact) mass is 454 g/mol. The second kappa shape index (κ2) is 11.9. The average Bonchev–Trinajstić information content (AvgIpc) is 2.86. The van der Waals surface area contributed by atoms with Crippen LogP contribution < -0.4 is 14.8 Å². The summed E-state index contributed by atoms with van der Waals surface area (Å²) in [5.74, 6) is 0.370. The maximum Gasteiger partial charge on any atom is 0.306 e. The number of esters is 1. The Bertz CT molecular complexity index is 955. The number of hydrogen-bond acceptors (Lipinski definition) is 6. The second-order valence-electron chi connectivity index (χ2n) is 7.86. The zero-order valence-electron chi connectivity index (χ0n) is 19.0. The van der Waals surface area contributed by atoms with E-state index in [0.29, 0.717) is 43.9 Å². The van der Waals surface area contributed by atoms with Gasteiger partial charge in [-0.05, 0) is 49.1 Å². The molecule has 0 aromatic heterocycles. The van der Waals surface area contributed by atoms with Crippen LogP contribution in [0.1, 0.15) is 24.8 Å². The van der Waals surface area contributed by atoms with Crippen molar-refractivity contribution < 1.29 is 28.6 Å². The molecule has 1 saturated heterocycles. The molecule has 3 rings (SSSR count). The van der Waals surface area contributed by atoms with Gasteiger partial charge in [0.25, 0.3) is 5.91 Å². The average molecular weight is 455 g/mol. The summed E-state index contributed by atoms with van der Waals surface area (Å²) in [5, 5.41) is 2.91. The van der Waals surface area contributed by atoms with Crippen molar-refractivity contribution in [1.82, 2.24) is 4.90 Å². The molecule has 1 aliphatic rings. The molecule has 1 heterocycles. The van der Waals surface area contributed by atoms with E-state index in [9.17, 15) is 14.4 Å².